The van der Waals surface area contributed by atoms with E-state index in [1.807, 2.05) is 13.8 Å². The Labute approximate surface area is 102 Å². The molecule has 1 aromatic carbocycles. The summed E-state index contributed by atoms with van der Waals surface area (Å²) >= 11 is 0. The molecule has 0 saturated carbocycles. The molecule has 17 heavy (non-hydrogen) atoms. The third-order valence-corrected chi connectivity index (χ3v) is 2.51. The smallest absolute Gasteiger partial charge is 0.251 e. The van der Waals surface area contributed by atoms with Crippen LogP contribution in [0.5, 0.6) is 11.5 Å². The van der Waals surface area contributed by atoms with E-state index in [1.165, 1.54) is 0 Å². The van der Waals surface area contributed by atoms with E-state index in [0.29, 0.717) is 23.6 Å². The molecular formula is C13H19NO3. The lowest BCUT2D eigenvalue weighted by Crippen LogP contribution is -2.24. The van der Waals surface area contributed by atoms with Crippen molar-refractivity contribution in [3.63, 3.8) is 0 Å². The van der Waals surface area contributed by atoms with E-state index in [4.69, 9.17) is 9.47 Å². The van der Waals surface area contributed by atoms with Crippen LogP contribution in [0.1, 0.15) is 29.3 Å². The van der Waals surface area contributed by atoms with E-state index < -0.39 is 0 Å². The van der Waals surface area contributed by atoms with Gasteiger partial charge in [-0.3, -0.25) is 4.79 Å². The van der Waals surface area contributed by atoms with Gasteiger partial charge in [-0.15, -0.1) is 0 Å². The number of amides is 1. The predicted octanol–water partition coefficient (Wildman–Crippen LogP) is 2.15. The number of hydrogen-bond acceptors (Lipinski definition) is 3. The number of hydrogen-bond donors (Lipinski definition) is 1. The fraction of sp³-hybridized carbons (Fsp3) is 0.462. The maximum atomic E-state index is 11.9. The van der Waals surface area contributed by atoms with Crippen molar-refractivity contribution in [2.24, 2.45) is 0 Å². The predicted molar refractivity (Wildman–Crippen MR) is 66.9 cm³/mol. The number of carbonyl (C=O) groups is 1. The van der Waals surface area contributed by atoms with Crippen LogP contribution < -0.4 is 14.8 Å². The van der Waals surface area contributed by atoms with Gasteiger partial charge in [-0.1, -0.05) is 6.92 Å². The monoisotopic (exact) mass is 237 g/mol. The van der Waals surface area contributed by atoms with E-state index in [9.17, 15) is 4.79 Å². The van der Waals surface area contributed by atoms with Crippen LogP contribution in [0, 0.1) is 6.92 Å². The minimum Gasteiger partial charge on any atom is -0.493 e. The number of ether oxygens (including phenoxy) is 2. The van der Waals surface area contributed by atoms with E-state index in [0.717, 1.165) is 12.0 Å². The van der Waals surface area contributed by atoms with Gasteiger partial charge in [0.15, 0.2) is 11.5 Å². The minimum absolute atomic E-state index is 0.0784. The first-order chi connectivity index (χ1) is 8.13. The fourth-order valence-electron chi connectivity index (χ4n) is 1.56. The normalized spacial score (nSPS) is 9.88. The number of benzene rings is 1. The first-order valence-corrected chi connectivity index (χ1v) is 5.64. The Balaban J connectivity index is 3.03. The van der Waals surface area contributed by atoms with Crippen molar-refractivity contribution in [3.05, 3.63) is 23.3 Å². The van der Waals surface area contributed by atoms with Crippen LogP contribution in [0.2, 0.25) is 0 Å². The Bertz CT molecular complexity index is 402. The highest BCUT2D eigenvalue weighted by Crippen LogP contribution is 2.30. The molecule has 0 atom stereocenters. The van der Waals surface area contributed by atoms with Crippen LogP contribution in [-0.2, 0) is 0 Å². The highest BCUT2D eigenvalue weighted by molar-refractivity contribution is 5.96. The van der Waals surface area contributed by atoms with Crippen molar-refractivity contribution in [3.8, 4) is 11.5 Å². The minimum atomic E-state index is -0.0784. The molecule has 0 aromatic heterocycles. The molecule has 0 aliphatic carbocycles. The summed E-state index contributed by atoms with van der Waals surface area (Å²) < 4.78 is 10.4. The number of aryl methyl sites for hydroxylation is 1. The molecule has 0 aliphatic rings. The molecule has 0 fully saturated rings. The van der Waals surface area contributed by atoms with Crippen LogP contribution >= 0.6 is 0 Å². The Kier molecular flexibility index (Phi) is 4.82. The largest absolute Gasteiger partial charge is 0.493 e. The van der Waals surface area contributed by atoms with Crippen LogP contribution in [0.3, 0.4) is 0 Å². The lowest BCUT2D eigenvalue weighted by Gasteiger charge is -2.12. The lowest BCUT2D eigenvalue weighted by molar-refractivity contribution is 0.0952. The van der Waals surface area contributed by atoms with Gasteiger partial charge in [0.1, 0.15) is 0 Å². The summed E-state index contributed by atoms with van der Waals surface area (Å²) in [5.41, 5.74) is 1.49. The van der Waals surface area contributed by atoms with Crippen LogP contribution in [0.25, 0.3) is 0 Å². The quantitative estimate of drug-likeness (QED) is 0.853. The van der Waals surface area contributed by atoms with Crippen molar-refractivity contribution < 1.29 is 14.3 Å². The number of methoxy groups -OCH3 is 2. The molecule has 0 bridgehead atoms. The molecule has 0 spiro atoms. The number of rotatable bonds is 5. The fourth-order valence-corrected chi connectivity index (χ4v) is 1.56. The van der Waals surface area contributed by atoms with E-state index in [1.54, 1.807) is 26.4 Å². The van der Waals surface area contributed by atoms with Gasteiger partial charge in [-0.05, 0) is 31.0 Å². The number of nitrogens with one attached hydrogen (secondary N) is 1. The average molecular weight is 237 g/mol. The molecule has 94 valence electrons. The van der Waals surface area contributed by atoms with Gasteiger partial charge in [0, 0.05) is 12.1 Å². The summed E-state index contributed by atoms with van der Waals surface area (Å²) in [6, 6.07) is 3.51. The standard InChI is InChI=1S/C13H19NO3/c1-5-6-14-13(15)10-8-12(17-4)11(16-3)7-9(10)2/h7-8H,5-6H2,1-4H3,(H,14,15). The van der Waals surface area contributed by atoms with Gasteiger partial charge in [0.2, 0.25) is 0 Å². The van der Waals surface area contributed by atoms with Gasteiger partial charge in [-0.25, -0.2) is 0 Å². The summed E-state index contributed by atoms with van der Waals surface area (Å²) in [4.78, 5) is 11.9. The second-order valence-electron chi connectivity index (χ2n) is 3.78. The molecule has 0 radical (unpaired) electrons. The van der Waals surface area contributed by atoms with Crippen molar-refractivity contribution in [2.75, 3.05) is 20.8 Å². The molecule has 1 rings (SSSR count). The SMILES string of the molecule is CCCNC(=O)c1cc(OC)c(OC)cc1C. The molecule has 0 saturated heterocycles. The summed E-state index contributed by atoms with van der Waals surface area (Å²) in [6.45, 7) is 4.57. The van der Waals surface area contributed by atoms with Gasteiger partial charge >= 0.3 is 0 Å². The molecule has 4 heteroatoms. The van der Waals surface area contributed by atoms with Crippen molar-refractivity contribution >= 4 is 5.91 Å². The Morgan fingerprint density at radius 3 is 2.35 bits per heavy atom. The van der Waals surface area contributed by atoms with Crippen LogP contribution in [0.15, 0.2) is 12.1 Å². The van der Waals surface area contributed by atoms with Crippen LogP contribution in [-0.4, -0.2) is 26.7 Å². The first kappa shape index (κ1) is 13.4. The highest BCUT2D eigenvalue weighted by atomic mass is 16.5. The van der Waals surface area contributed by atoms with E-state index in [2.05, 4.69) is 5.32 Å². The summed E-state index contributed by atoms with van der Waals surface area (Å²) in [6.07, 6.45) is 0.915. The zero-order valence-electron chi connectivity index (χ0n) is 10.8. The lowest BCUT2D eigenvalue weighted by atomic mass is 10.1. The second-order valence-corrected chi connectivity index (χ2v) is 3.78. The van der Waals surface area contributed by atoms with Crippen molar-refractivity contribution in [1.29, 1.82) is 0 Å². The van der Waals surface area contributed by atoms with Gasteiger partial charge in [0.05, 0.1) is 14.2 Å². The average Bonchev–Trinajstić information content (AvgIpc) is 2.35. The molecule has 1 amide bonds. The maximum Gasteiger partial charge on any atom is 0.251 e. The Morgan fingerprint density at radius 1 is 1.24 bits per heavy atom. The van der Waals surface area contributed by atoms with E-state index >= 15 is 0 Å². The third kappa shape index (κ3) is 3.12. The first-order valence-electron chi connectivity index (χ1n) is 5.64. The van der Waals surface area contributed by atoms with Gasteiger partial charge in [0.25, 0.3) is 5.91 Å². The molecule has 0 unspecified atom stereocenters. The highest BCUT2D eigenvalue weighted by Gasteiger charge is 2.13. The zero-order valence-corrected chi connectivity index (χ0v) is 10.8. The molecule has 0 aliphatic heterocycles. The zero-order chi connectivity index (χ0) is 12.8. The van der Waals surface area contributed by atoms with Crippen molar-refractivity contribution in [1.82, 2.24) is 5.32 Å². The number of carbonyl (C=O) groups excluding carboxylic acids is 1. The van der Waals surface area contributed by atoms with Crippen molar-refractivity contribution in [2.45, 2.75) is 20.3 Å². The summed E-state index contributed by atoms with van der Waals surface area (Å²) in [5, 5.41) is 2.84. The second kappa shape index (κ2) is 6.13. The summed E-state index contributed by atoms with van der Waals surface area (Å²) in [5.74, 6) is 1.13. The third-order valence-electron chi connectivity index (χ3n) is 2.51. The Hall–Kier alpha value is -1.71. The summed E-state index contributed by atoms with van der Waals surface area (Å²) in [7, 11) is 3.13. The molecule has 4 nitrogen and oxygen atoms in total. The van der Waals surface area contributed by atoms with E-state index in [-0.39, 0.29) is 5.91 Å². The topological polar surface area (TPSA) is 47.6 Å². The van der Waals surface area contributed by atoms with Gasteiger partial charge < -0.3 is 14.8 Å². The van der Waals surface area contributed by atoms with Crippen LogP contribution in [0.4, 0.5) is 0 Å². The molecule has 1 N–H and O–H groups in total. The maximum absolute atomic E-state index is 11.9. The van der Waals surface area contributed by atoms with Gasteiger partial charge in [-0.2, -0.15) is 0 Å². The molecular weight excluding hydrogens is 218 g/mol. The Morgan fingerprint density at radius 2 is 1.82 bits per heavy atom. The molecule has 1 aromatic rings. The molecule has 0 heterocycles.